The van der Waals surface area contributed by atoms with Crippen molar-refractivity contribution in [2.75, 3.05) is 33.7 Å². The summed E-state index contributed by atoms with van der Waals surface area (Å²) in [4.78, 5) is 16.3. The molecule has 0 radical (unpaired) electrons. The van der Waals surface area contributed by atoms with Crippen LogP contribution in [0.15, 0.2) is 0 Å². The molecule has 1 aliphatic rings. The lowest BCUT2D eigenvalue weighted by Crippen LogP contribution is -2.43. The number of carbonyl (C=O) groups excluding carboxylic acids is 1. The van der Waals surface area contributed by atoms with Gasteiger partial charge in [-0.25, -0.2) is 4.79 Å². The van der Waals surface area contributed by atoms with Crippen molar-refractivity contribution in [3.8, 4) is 0 Å². The molecular weight excluding hydrogens is 266 g/mol. The number of nitrogens with one attached hydrogen (secondary N) is 1. The maximum absolute atomic E-state index is 12.2. The largest absolute Gasteiger partial charge is 0.444 e. The van der Waals surface area contributed by atoms with Gasteiger partial charge in [-0.05, 0) is 61.1 Å². The summed E-state index contributed by atoms with van der Waals surface area (Å²) < 4.78 is 5.51. The van der Waals surface area contributed by atoms with E-state index in [2.05, 4.69) is 31.2 Å². The van der Waals surface area contributed by atoms with Crippen LogP contribution in [0, 0.1) is 0 Å². The van der Waals surface area contributed by atoms with E-state index in [4.69, 9.17) is 4.74 Å². The number of likely N-dealkylation sites (N-methyl/N-ethyl adjacent to an activating group) is 1. The highest BCUT2D eigenvalue weighted by atomic mass is 16.6. The molecule has 1 fully saturated rings. The van der Waals surface area contributed by atoms with Gasteiger partial charge in [0, 0.05) is 31.7 Å². The predicted molar refractivity (Wildman–Crippen MR) is 86.6 cm³/mol. The molecular formula is C16H33N3O2. The van der Waals surface area contributed by atoms with E-state index in [1.807, 2.05) is 25.7 Å². The average molecular weight is 299 g/mol. The zero-order chi connectivity index (χ0) is 16.0. The van der Waals surface area contributed by atoms with Crippen molar-refractivity contribution < 1.29 is 9.53 Å². The van der Waals surface area contributed by atoms with Gasteiger partial charge in [0.1, 0.15) is 5.60 Å². The molecule has 0 bridgehead atoms. The Morgan fingerprint density at radius 2 is 2.10 bits per heavy atom. The smallest absolute Gasteiger partial charge is 0.410 e. The van der Waals surface area contributed by atoms with Crippen LogP contribution in [-0.4, -0.2) is 67.3 Å². The Bertz CT molecular complexity index is 326. The third-order valence-corrected chi connectivity index (χ3v) is 3.68. The van der Waals surface area contributed by atoms with E-state index in [-0.39, 0.29) is 6.09 Å². The van der Waals surface area contributed by atoms with Crippen molar-refractivity contribution in [1.29, 1.82) is 0 Å². The molecule has 1 heterocycles. The molecule has 1 saturated heterocycles. The molecule has 124 valence electrons. The first kappa shape index (κ1) is 18.2. The van der Waals surface area contributed by atoms with Gasteiger partial charge in [0.05, 0.1) is 0 Å². The van der Waals surface area contributed by atoms with Gasteiger partial charge in [-0.3, -0.25) is 0 Å². The Morgan fingerprint density at radius 1 is 1.43 bits per heavy atom. The number of hydrogen-bond acceptors (Lipinski definition) is 4. The summed E-state index contributed by atoms with van der Waals surface area (Å²) in [5.41, 5.74) is -0.417. The Labute approximate surface area is 130 Å². The monoisotopic (exact) mass is 299 g/mol. The number of hydrogen-bond donors (Lipinski definition) is 1. The molecule has 1 N–H and O–H groups in total. The Balaban J connectivity index is 2.40. The molecule has 1 amide bonds. The van der Waals surface area contributed by atoms with Crippen LogP contribution in [0.3, 0.4) is 0 Å². The van der Waals surface area contributed by atoms with E-state index >= 15 is 0 Å². The second kappa shape index (κ2) is 7.99. The van der Waals surface area contributed by atoms with E-state index < -0.39 is 5.60 Å². The van der Waals surface area contributed by atoms with E-state index in [0.717, 1.165) is 38.9 Å². The second-order valence-corrected chi connectivity index (χ2v) is 7.36. The summed E-state index contributed by atoms with van der Waals surface area (Å²) in [5.74, 6) is 0. The number of amides is 1. The van der Waals surface area contributed by atoms with Crippen LogP contribution in [0.5, 0.6) is 0 Å². The third-order valence-electron chi connectivity index (χ3n) is 3.68. The van der Waals surface area contributed by atoms with E-state index in [1.165, 1.54) is 0 Å². The van der Waals surface area contributed by atoms with Crippen LogP contribution in [-0.2, 0) is 4.74 Å². The maximum atomic E-state index is 12.2. The van der Waals surface area contributed by atoms with Crippen LogP contribution < -0.4 is 5.32 Å². The lowest BCUT2D eigenvalue weighted by molar-refractivity contribution is 0.0214. The first-order chi connectivity index (χ1) is 9.69. The molecule has 1 rings (SSSR count). The van der Waals surface area contributed by atoms with Gasteiger partial charge < -0.3 is 19.9 Å². The predicted octanol–water partition coefficient (Wildman–Crippen LogP) is 2.32. The lowest BCUT2D eigenvalue weighted by Gasteiger charge is -2.30. The quantitative estimate of drug-likeness (QED) is 0.817. The van der Waals surface area contributed by atoms with Crippen LogP contribution in [0.25, 0.3) is 0 Å². The second-order valence-electron chi connectivity index (χ2n) is 7.36. The zero-order valence-corrected chi connectivity index (χ0v) is 14.6. The van der Waals surface area contributed by atoms with Gasteiger partial charge in [-0.2, -0.15) is 0 Å². The standard InChI is InChI=1S/C16H33N3O2/c1-13(17-9-11-18(5)6)12-14-8-7-10-19(14)15(20)21-16(2,3)4/h13-14,17H,7-12H2,1-6H3. The molecule has 0 aromatic heterocycles. The highest BCUT2D eigenvalue weighted by molar-refractivity contribution is 5.68. The Kier molecular flexibility index (Phi) is 6.94. The fourth-order valence-electron chi connectivity index (χ4n) is 2.67. The highest BCUT2D eigenvalue weighted by Gasteiger charge is 2.32. The van der Waals surface area contributed by atoms with Gasteiger partial charge >= 0.3 is 6.09 Å². The summed E-state index contributed by atoms with van der Waals surface area (Å²) in [5, 5.41) is 3.53. The Morgan fingerprint density at radius 3 is 2.67 bits per heavy atom. The number of likely N-dealkylation sites (tertiary alicyclic amines) is 1. The lowest BCUT2D eigenvalue weighted by atomic mass is 10.1. The van der Waals surface area contributed by atoms with Crippen molar-refractivity contribution in [3.05, 3.63) is 0 Å². The van der Waals surface area contributed by atoms with Gasteiger partial charge in [-0.15, -0.1) is 0 Å². The van der Waals surface area contributed by atoms with Crippen LogP contribution in [0.4, 0.5) is 4.79 Å². The van der Waals surface area contributed by atoms with Crippen LogP contribution in [0.2, 0.25) is 0 Å². The fraction of sp³-hybridized carbons (Fsp3) is 0.938. The molecule has 2 unspecified atom stereocenters. The van der Waals surface area contributed by atoms with Gasteiger partial charge in [0.2, 0.25) is 0 Å². The van der Waals surface area contributed by atoms with Crippen molar-refractivity contribution in [1.82, 2.24) is 15.1 Å². The minimum Gasteiger partial charge on any atom is -0.444 e. The van der Waals surface area contributed by atoms with Crippen molar-refractivity contribution >= 4 is 6.09 Å². The first-order valence-electron chi connectivity index (χ1n) is 8.07. The molecule has 1 aliphatic heterocycles. The van der Waals surface area contributed by atoms with Crippen molar-refractivity contribution in [2.24, 2.45) is 0 Å². The number of ether oxygens (including phenoxy) is 1. The van der Waals surface area contributed by atoms with Crippen molar-refractivity contribution in [3.63, 3.8) is 0 Å². The molecule has 0 aromatic rings. The molecule has 0 spiro atoms. The Hall–Kier alpha value is -0.810. The molecule has 0 aliphatic carbocycles. The third kappa shape index (κ3) is 7.14. The van der Waals surface area contributed by atoms with E-state index in [0.29, 0.717) is 12.1 Å². The highest BCUT2D eigenvalue weighted by Crippen LogP contribution is 2.23. The van der Waals surface area contributed by atoms with Gasteiger partial charge in [0.15, 0.2) is 0 Å². The topological polar surface area (TPSA) is 44.8 Å². The molecule has 5 heteroatoms. The van der Waals surface area contributed by atoms with Crippen molar-refractivity contribution in [2.45, 2.75) is 64.6 Å². The van der Waals surface area contributed by atoms with Crippen LogP contribution >= 0.6 is 0 Å². The van der Waals surface area contributed by atoms with Crippen LogP contribution in [0.1, 0.15) is 47.0 Å². The van der Waals surface area contributed by atoms with E-state index in [9.17, 15) is 4.79 Å². The minimum absolute atomic E-state index is 0.162. The molecule has 2 atom stereocenters. The minimum atomic E-state index is -0.417. The summed E-state index contributed by atoms with van der Waals surface area (Å²) in [6.45, 7) is 10.8. The number of rotatable bonds is 6. The summed E-state index contributed by atoms with van der Waals surface area (Å²) in [6.07, 6.45) is 2.99. The average Bonchev–Trinajstić information content (AvgIpc) is 2.74. The summed E-state index contributed by atoms with van der Waals surface area (Å²) in [7, 11) is 4.15. The first-order valence-corrected chi connectivity index (χ1v) is 8.07. The summed E-state index contributed by atoms with van der Waals surface area (Å²) >= 11 is 0. The molecule has 0 saturated carbocycles. The fourth-order valence-corrected chi connectivity index (χ4v) is 2.67. The molecule has 21 heavy (non-hydrogen) atoms. The van der Waals surface area contributed by atoms with Gasteiger partial charge in [-0.1, -0.05) is 0 Å². The molecule has 0 aromatic carbocycles. The number of nitrogens with zero attached hydrogens (tertiary/aromatic N) is 2. The maximum Gasteiger partial charge on any atom is 0.410 e. The summed E-state index contributed by atoms with van der Waals surface area (Å²) in [6, 6.07) is 0.722. The zero-order valence-electron chi connectivity index (χ0n) is 14.6. The van der Waals surface area contributed by atoms with E-state index in [1.54, 1.807) is 0 Å². The number of carbonyl (C=O) groups is 1. The normalized spacial score (nSPS) is 20.9. The molecule has 5 nitrogen and oxygen atoms in total. The van der Waals surface area contributed by atoms with Gasteiger partial charge in [0.25, 0.3) is 0 Å². The SMILES string of the molecule is CC(CC1CCCN1C(=O)OC(C)(C)C)NCCN(C)C.